The van der Waals surface area contributed by atoms with Crippen LogP contribution in [0.2, 0.25) is 0 Å². The number of hydrogen-bond acceptors (Lipinski definition) is 3. The summed E-state index contributed by atoms with van der Waals surface area (Å²) in [6, 6.07) is 106. The zero-order valence-electron chi connectivity index (χ0n) is 45.4. The van der Waals surface area contributed by atoms with E-state index in [9.17, 15) is 0 Å². The monoisotopic (exact) mass is 1070 g/mol. The van der Waals surface area contributed by atoms with Crippen LogP contribution in [0.3, 0.4) is 0 Å². The minimum absolute atomic E-state index is 0.204. The summed E-state index contributed by atoms with van der Waals surface area (Å²) in [5.74, 6) is 0. The van der Waals surface area contributed by atoms with Gasteiger partial charge in [0.15, 0.2) is 5.58 Å². The molecule has 0 bridgehead atoms. The first-order valence-electron chi connectivity index (χ1n) is 29.0. The van der Waals surface area contributed by atoms with Gasteiger partial charge in [0.25, 0.3) is 6.71 Å². The van der Waals surface area contributed by atoms with Crippen molar-refractivity contribution in [2.45, 2.75) is 0 Å². The molecule has 0 spiro atoms. The number of hydrogen-bond donors (Lipinski definition) is 0. The van der Waals surface area contributed by atoms with E-state index in [1.54, 1.807) is 0 Å². The van der Waals surface area contributed by atoms with Gasteiger partial charge in [0, 0.05) is 82.7 Å². The zero-order chi connectivity index (χ0) is 54.7. The Hall–Kier alpha value is -11.1. The molecule has 17 aromatic rings. The van der Waals surface area contributed by atoms with E-state index in [0.717, 1.165) is 95.1 Å². The van der Waals surface area contributed by atoms with Gasteiger partial charge in [0.1, 0.15) is 5.58 Å². The minimum atomic E-state index is -0.204. The molecule has 0 unspecified atom stereocenters. The first-order chi connectivity index (χ1) is 41.7. The molecule has 19 rings (SSSR count). The molecule has 2 aliphatic heterocycles. The highest BCUT2D eigenvalue weighted by atomic mass is 16.3. The van der Waals surface area contributed by atoms with Crippen LogP contribution in [0.15, 0.2) is 290 Å². The average molecular weight is 1070 g/mol. The molecule has 6 heteroatoms. The summed E-state index contributed by atoms with van der Waals surface area (Å²) < 4.78 is 12.1. The molecule has 0 saturated carbocycles. The van der Waals surface area contributed by atoms with Gasteiger partial charge in [-0.1, -0.05) is 224 Å². The molecule has 0 radical (unpaired) electrons. The molecule has 4 aromatic heterocycles. The molecule has 2 aliphatic rings. The Morgan fingerprint density at radius 3 is 1.51 bits per heavy atom. The van der Waals surface area contributed by atoms with Crippen molar-refractivity contribution in [3.05, 3.63) is 285 Å². The third-order valence-corrected chi connectivity index (χ3v) is 18.4. The summed E-state index contributed by atoms with van der Waals surface area (Å²) in [6.45, 7) is -0.204. The highest BCUT2D eigenvalue weighted by Crippen LogP contribution is 2.53. The highest BCUT2D eigenvalue weighted by Gasteiger charge is 2.46. The van der Waals surface area contributed by atoms with Crippen molar-refractivity contribution < 1.29 is 4.42 Å². The van der Waals surface area contributed by atoms with Crippen molar-refractivity contribution >= 4 is 139 Å². The van der Waals surface area contributed by atoms with Gasteiger partial charge in [-0.25, -0.2) is 0 Å². The van der Waals surface area contributed by atoms with Crippen LogP contribution in [0.4, 0.5) is 34.1 Å². The lowest BCUT2D eigenvalue weighted by Crippen LogP contribution is -2.61. The summed E-state index contributed by atoms with van der Waals surface area (Å²) in [5.41, 5.74) is 25.9. The standard InChI is InChI=1S/C78H47BN4O/c1-4-21-48(22-5-1)51-43-72-75-73(44-51)83(76-53(49-23-6-2-7-24-49)31-18-32-54(76)50-25-8-3-9-26-50)70-45-52(80-65-36-14-10-27-55(65)56-28-11-15-37-66(56)80)41-42-63(70)79(75)64-46-62-60-34-19-33-59-57-29-12-16-38-67(57)82(77(59)60)69(62)47-71(64)81(72)68-39-20-35-61-58-30-13-17-40-74(58)84-78(61)68/h1-47H. The van der Waals surface area contributed by atoms with Crippen LogP contribution < -0.4 is 26.2 Å². The van der Waals surface area contributed by atoms with E-state index in [1.165, 1.54) is 76.3 Å². The Balaban J connectivity index is 1.01. The molecule has 0 aliphatic carbocycles. The van der Waals surface area contributed by atoms with E-state index in [2.05, 4.69) is 304 Å². The summed E-state index contributed by atoms with van der Waals surface area (Å²) in [4.78, 5) is 5.21. The van der Waals surface area contributed by atoms with Crippen molar-refractivity contribution in [1.82, 2.24) is 8.97 Å². The Morgan fingerprint density at radius 1 is 0.298 bits per heavy atom. The smallest absolute Gasteiger partial charge is 0.252 e. The zero-order valence-corrected chi connectivity index (χ0v) is 45.4. The lowest BCUT2D eigenvalue weighted by atomic mass is 9.33. The van der Waals surface area contributed by atoms with E-state index < -0.39 is 0 Å². The molecule has 13 aromatic carbocycles. The summed E-state index contributed by atoms with van der Waals surface area (Å²) in [5, 5.41) is 9.65. The SMILES string of the molecule is c1ccc(-c2cc3c4c(c2)N(c2cccc5c2oc2ccccc25)c2cc5c(cc2B4c2ccc(-n4c6ccccc6c6ccccc64)cc2N3c2c(-c3ccccc3)cccc2-c2ccccc2)c2cccc3c4ccccc4n5c32)cc1. The molecule has 0 amide bonds. The van der Waals surface area contributed by atoms with Crippen LogP contribution in [-0.4, -0.2) is 15.7 Å². The fourth-order valence-electron chi connectivity index (χ4n) is 14.9. The molecule has 5 nitrogen and oxygen atoms in total. The minimum Gasteiger partial charge on any atom is -0.454 e. The van der Waals surface area contributed by atoms with Crippen molar-refractivity contribution in [3.63, 3.8) is 0 Å². The fourth-order valence-corrected chi connectivity index (χ4v) is 14.9. The second-order valence-corrected chi connectivity index (χ2v) is 22.7. The quantitative estimate of drug-likeness (QED) is 0.155. The second-order valence-electron chi connectivity index (χ2n) is 22.7. The lowest BCUT2D eigenvalue weighted by molar-refractivity contribution is 0.669. The first kappa shape index (κ1) is 45.6. The van der Waals surface area contributed by atoms with E-state index in [0.29, 0.717) is 0 Å². The van der Waals surface area contributed by atoms with Gasteiger partial charge in [-0.3, -0.25) is 0 Å². The Morgan fingerprint density at radius 2 is 0.821 bits per heavy atom. The third-order valence-electron chi connectivity index (χ3n) is 18.4. The Kier molecular flexibility index (Phi) is 9.36. The summed E-state index contributed by atoms with van der Waals surface area (Å²) in [6.07, 6.45) is 0. The maximum Gasteiger partial charge on any atom is 0.252 e. The van der Waals surface area contributed by atoms with Gasteiger partial charge in [-0.2, -0.15) is 0 Å². The molecule has 0 N–H and O–H groups in total. The predicted octanol–water partition coefficient (Wildman–Crippen LogP) is 18.9. The van der Waals surface area contributed by atoms with E-state index >= 15 is 0 Å². The van der Waals surface area contributed by atoms with Crippen molar-refractivity contribution in [3.8, 4) is 39.1 Å². The van der Waals surface area contributed by atoms with Crippen LogP contribution in [0.1, 0.15) is 0 Å². The molecular weight excluding hydrogens is 1020 g/mol. The summed E-state index contributed by atoms with van der Waals surface area (Å²) in [7, 11) is 0. The number of furan rings is 1. The number of aromatic nitrogens is 2. The van der Waals surface area contributed by atoms with Gasteiger partial charge in [0.2, 0.25) is 0 Å². The highest BCUT2D eigenvalue weighted by molar-refractivity contribution is 7.00. The van der Waals surface area contributed by atoms with Crippen LogP contribution in [0.5, 0.6) is 0 Å². The van der Waals surface area contributed by atoms with Gasteiger partial charge < -0.3 is 23.2 Å². The Labute approximate surface area is 483 Å². The normalized spacial score (nSPS) is 12.9. The second kappa shape index (κ2) is 17.2. The third kappa shape index (κ3) is 6.23. The van der Waals surface area contributed by atoms with Crippen molar-refractivity contribution in [1.29, 1.82) is 0 Å². The number of para-hydroxylation sites is 7. The number of anilines is 6. The van der Waals surface area contributed by atoms with Gasteiger partial charge in [-0.05, 0) is 99.3 Å². The van der Waals surface area contributed by atoms with Gasteiger partial charge >= 0.3 is 0 Å². The van der Waals surface area contributed by atoms with Crippen LogP contribution in [0.25, 0.3) is 121 Å². The number of rotatable bonds is 6. The average Bonchev–Trinajstić information content (AvgIpc) is 2.63. The number of fused-ring (bicyclic) bond motifs is 16. The Bertz CT molecular complexity index is 5470. The number of nitrogens with zero attached hydrogens (tertiary/aromatic N) is 4. The number of benzene rings is 13. The maximum absolute atomic E-state index is 7.14. The maximum atomic E-state index is 7.14. The van der Waals surface area contributed by atoms with E-state index in [-0.39, 0.29) is 6.71 Å². The first-order valence-corrected chi connectivity index (χ1v) is 29.0. The fraction of sp³-hybridized carbons (Fsp3) is 0. The lowest BCUT2D eigenvalue weighted by Gasteiger charge is -2.45. The van der Waals surface area contributed by atoms with Crippen LogP contribution in [-0.2, 0) is 0 Å². The largest absolute Gasteiger partial charge is 0.454 e. The topological polar surface area (TPSA) is 29.0 Å². The van der Waals surface area contributed by atoms with E-state index in [4.69, 9.17) is 4.42 Å². The molecular formula is C78H47BN4O. The summed E-state index contributed by atoms with van der Waals surface area (Å²) >= 11 is 0. The van der Waals surface area contributed by atoms with E-state index in [1.807, 2.05) is 0 Å². The van der Waals surface area contributed by atoms with Crippen LogP contribution >= 0.6 is 0 Å². The van der Waals surface area contributed by atoms with Crippen molar-refractivity contribution in [2.24, 2.45) is 0 Å². The van der Waals surface area contributed by atoms with Crippen molar-refractivity contribution in [2.75, 3.05) is 9.80 Å². The van der Waals surface area contributed by atoms with Crippen LogP contribution in [0, 0.1) is 0 Å². The predicted molar refractivity (Wildman–Crippen MR) is 353 cm³/mol. The molecule has 0 atom stereocenters. The molecule has 0 saturated heterocycles. The molecule has 6 heterocycles. The molecule has 84 heavy (non-hydrogen) atoms. The van der Waals surface area contributed by atoms with Gasteiger partial charge in [-0.15, -0.1) is 0 Å². The molecule has 0 fully saturated rings. The van der Waals surface area contributed by atoms with Gasteiger partial charge in [0.05, 0.1) is 39.0 Å². The molecule has 388 valence electrons.